The monoisotopic (exact) mass is 286 g/mol. The molecule has 1 aliphatic heterocycles. The number of hydrogen-bond acceptors (Lipinski definition) is 2. The molecule has 0 aromatic heterocycles. The second-order valence-corrected chi connectivity index (χ2v) is 5.10. The van der Waals surface area contributed by atoms with Crippen LogP contribution in [0.15, 0.2) is 12.1 Å². The van der Waals surface area contributed by atoms with Crippen molar-refractivity contribution in [1.82, 2.24) is 0 Å². The highest BCUT2D eigenvalue weighted by molar-refractivity contribution is 5.80. The van der Waals surface area contributed by atoms with Gasteiger partial charge in [-0.1, -0.05) is 13.8 Å². The van der Waals surface area contributed by atoms with Gasteiger partial charge in [0.25, 0.3) is 0 Å². The van der Waals surface area contributed by atoms with Crippen molar-refractivity contribution >= 4 is 11.4 Å². The Kier molecular flexibility index (Phi) is 4.16. The number of anilines is 2. The first-order valence-electron chi connectivity index (χ1n) is 7.19. The molecule has 1 heterocycles. The lowest BCUT2D eigenvalue weighted by molar-refractivity contribution is -0.137. The zero-order chi connectivity index (χ0) is 14.9. The van der Waals surface area contributed by atoms with E-state index in [-0.39, 0.29) is 6.04 Å². The Morgan fingerprint density at radius 1 is 1.20 bits per heavy atom. The maximum atomic E-state index is 13.1. The molecule has 3 rings (SSSR count). The average Bonchev–Trinajstić information content (AvgIpc) is 2.71. The number of halogens is 3. The molecule has 1 aromatic rings. The zero-order valence-electron chi connectivity index (χ0n) is 12.1. The van der Waals surface area contributed by atoms with E-state index in [1.54, 1.807) is 13.0 Å². The number of alkyl halides is 3. The Morgan fingerprint density at radius 3 is 2.35 bits per heavy atom. The summed E-state index contributed by atoms with van der Waals surface area (Å²) in [5.74, 6) is 0. The fourth-order valence-electron chi connectivity index (χ4n) is 2.70. The molecule has 1 N–H and O–H groups in total. The molecule has 112 valence electrons. The summed E-state index contributed by atoms with van der Waals surface area (Å²) in [5.41, 5.74) is 1.10. The molecule has 5 heteroatoms. The van der Waals surface area contributed by atoms with E-state index in [0.29, 0.717) is 23.6 Å². The maximum Gasteiger partial charge on any atom is 0.418 e. The molecule has 1 aromatic carbocycles. The first kappa shape index (κ1) is 15.0. The topological polar surface area (TPSA) is 15.3 Å². The molecule has 2 nitrogen and oxygen atoms in total. The fraction of sp³-hybridized carbons (Fsp3) is 0.600. The van der Waals surface area contributed by atoms with Gasteiger partial charge in [-0.15, -0.1) is 0 Å². The Hall–Kier alpha value is -1.39. The molecular weight excluding hydrogens is 265 g/mol. The molecule has 0 atom stereocenters. The predicted molar refractivity (Wildman–Crippen MR) is 76.1 cm³/mol. The molecule has 0 amide bonds. The van der Waals surface area contributed by atoms with Gasteiger partial charge in [0.05, 0.1) is 23.6 Å². The normalized spacial score (nSPS) is 17.8. The summed E-state index contributed by atoms with van der Waals surface area (Å²) in [6.07, 6.45) is -1.19. The second-order valence-electron chi connectivity index (χ2n) is 5.10. The fourth-order valence-corrected chi connectivity index (χ4v) is 2.70. The van der Waals surface area contributed by atoms with Crippen LogP contribution in [0.2, 0.25) is 0 Å². The Labute approximate surface area is 118 Å². The summed E-state index contributed by atoms with van der Waals surface area (Å²) in [6, 6.07) is 3.31. The third kappa shape index (κ3) is 2.58. The lowest BCUT2D eigenvalue weighted by Gasteiger charge is -2.36. The van der Waals surface area contributed by atoms with Crippen molar-refractivity contribution in [2.45, 2.75) is 52.3 Å². The molecule has 0 saturated heterocycles. The van der Waals surface area contributed by atoms with Crippen molar-refractivity contribution in [3.8, 4) is 0 Å². The van der Waals surface area contributed by atoms with Crippen molar-refractivity contribution in [1.29, 1.82) is 0 Å². The van der Waals surface area contributed by atoms with Crippen LogP contribution in [0.5, 0.6) is 0 Å². The van der Waals surface area contributed by atoms with E-state index in [1.165, 1.54) is 6.07 Å². The van der Waals surface area contributed by atoms with Crippen molar-refractivity contribution < 1.29 is 13.2 Å². The van der Waals surface area contributed by atoms with Gasteiger partial charge in [-0.25, -0.2) is 0 Å². The third-order valence-corrected chi connectivity index (χ3v) is 3.80. The minimum atomic E-state index is -4.29. The number of nitrogens with one attached hydrogen (secondary N) is 1. The van der Waals surface area contributed by atoms with Crippen LogP contribution in [0, 0.1) is 6.92 Å². The Bertz CT molecular complexity index is 479. The molecule has 2 aliphatic rings. The Balaban J connectivity index is 0.000000704. The van der Waals surface area contributed by atoms with Gasteiger partial charge in [-0.2, -0.15) is 13.2 Å². The van der Waals surface area contributed by atoms with Crippen LogP contribution in [0.1, 0.15) is 44.2 Å². The van der Waals surface area contributed by atoms with Crippen LogP contribution >= 0.6 is 0 Å². The van der Waals surface area contributed by atoms with Gasteiger partial charge in [0.1, 0.15) is 0 Å². The van der Waals surface area contributed by atoms with Gasteiger partial charge in [0.15, 0.2) is 0 Å². The van der Waals surface area contributed by atoms with Crippen LogP contribution in [0.4, 0.5) is 24.5 Å². The van der Waals surface area contributed by atoms with Crippen LogP contribution in [0.3, 0.4) is 0 Å². The second kappa shape index (κ2) is 5.54. The van der Waals surface area contributed by atoms with Crippen molar-refractivity contribution in [2.24, 2.45) is 0 Å². The molecule has 0 unspecified atom stereocenters. The molecule has 1 fully saturated rings. The van der Waals surface area contributed by atoms with E-state index in [2.05, 4.69) is 5.32 Å². The number of rotatable bonds is 1. The van der Waals surface area contributed by atoms with E-state index in [0.717, 1.165) is 19.3 Å². The number of fused-ring (bicyclic) bond motifs is 1. The number of benzene rings is 1. The highest BCUT2D eigenvalue weighted by Crippen LogP contribution is 2.46. The minimum Gasteiger partial charge on any atom is -0.366 e. The average molecular weight is 286 g/mol. The van der Waals surface area contributed by atoms with E-state index in [1.807, 2.05) is 18.7 Å². The smallest absolute Gasteiger partial charge is 0.366 e. The summed E-state index contributed by atoms with van der Waals surface area (Å²) in [7, 11) is 0. The van der Waals surface area contributed by atoms with E-state index in [4.69, 9.17) is 0 Å². The van der Waals surface area contributed by atoms with Gasteiger partial charge < -0.3 is 10.2 Å². The summed E-state index contributed by atoms with van der Waals surface area (Å²) in [4.78, 5) is 1.88. The number of hydrogen-bond donors (Lipinski definition) is 1. The molecule has 0 bridgehead atoms. The maximum absolute atomic E-state index is 13.1. The summed E-state index contributed by atoms with van der Waals surface area (Å²) >= 11 is 0. The van der Waals surface area contributed by atoms with Gasteiger partial charge in [0.2, 0.25) is 0 Å². The quantitative estimate of drug-likeness (QED) is 0.799. The van der Waals surface area contributed by atoms with Crippen LogP contribution in [-0.4, -0.2) is 12.7 Å². The van der Waals surface area contributed by atoms with Crippen molar-refractivity contribution in [2.75, 3.05) is 16.9 Å². The predicted octanol–water partition coefficient (Wildman–Crippen LogP) is 4.78. The van der Waals surface area contributed by atoms with E-state index in [9.17, 15) is 13.2 Å². The highest BCUT2D eigenvalue weighted by Gasteiger charge is 2.40. The number of aryl methyl sites for hydroxylation is 1. The van der Waals surface area contributed by atoms with Crippen LogP contribution < -0.4 is 10.2 Å². The molecule has 1 aliphatic carbocycles. The molecule has 20 heavy (non-hydrogen) atoms. The zero-order valence-corrected chi connectivity index (χ0v) is 12.1. The summed E-state index contributed by atoms with van der Waals surface area (Å²) < 4.78 is 39.4. The first-order valence-corrected chi connectivity index (χ1v) is 7.19. The molecule has 1 saturated carbocycles. The van der Waals surface area contributed by atoms with Gasteiger partial charge in [-0.05, 0) is 43.9 Å². The van der Waals surface area contributed by atoms with Crippen LogP contribution in [-0.2, 0) is 6.18 Å². The summed E-state index contributed by atoms with van der Waals surface area (Å²) in [5, 5.41) is 3.08. The van der Waals surface area contributed by atoms with Gasteiger partial charge in [-0.3, -0.25) is 0 Å². The summed E-state index contributed by atoms with van der Waals surface area (Å²) in [6.45, 7) is 6.19. The highest BCUT2D eigenvalue weighted by atomic mass is 19.4. The molecular formula is C15H21F3N2. The van der Waals surface area contributed by atoms with E-state index < -0.39 is 11.7 Å². The van der Waals surface area contributed by atoms with Gasteiger partial charge in [0, 0.05) is 6.04 Å². The largest absolute Gasteiger partial charge is 0.418 e. The Morgan fingerprint density at radius 2 is 1.85 bits per heavy atom. The van der Waals surface area contributed by atoms with Crippen LogP contribution in [0.25, 0.3) is 0 Å². The SMILES string of the molecule is CC.Cc1cc2c(c(C(F)(F)F)c1)N(C1CCC1)CN2. The standard InChI is InChI=1S/C13H15F3N2.C2H6/c1-8-5-10(13(14,15)16)12-11(6-8)17-7-18(12)9-3-2-4-9;1-2/h5-6,9,17H,2-4,7H2,1H3;1-2H3. The molecule has 0 spiro atoms. The minimum absolute atomic E-state index is 0.266. The lowest BCUT2D eigenvalue weighted by atomic mass is 9.91. The first-order chi connectivity index (χ1) is 9.47. The van der Waals surface area contributed by atoms with Crippen molar-refractivity contribution in [3.63, 3.8) is 0 Å². The van der Waals surface area contributed by atoms with E-state index >= 15 is 0 Å². The van der Waals surface area contributed by atoms with Crippen molar-refractivity contribution in [3.05, 3.63) is 23.3 Å². The number of nitrogens with zero attached hydrogens (tertiary/aromatic N) is 1. The third-order valence-electron chi connectivity index (χ3n) is 3.80. The lowest BCUT2D eigenvalue weighted by Crippen LogP contribution is -2.40. The van der Waals surface area contributed by atoms with Gasteiger partial charge >= 0.3 is 6.18 Å². The molecule has 0 radical (unpaired) electrons.